The summed E-state index contributed by atoms with van der Waals surface area (Å²) in [5.41, 5.74) is 10.2. The molecule has 0 saturated carbocycles. The lowest BCUT2D eigenvalue weighted by atomic mass is 9.96. The van der Waals surface area contributed by atoms with Gasteiger partial charge >= 0.3 is 0 Å². The standard InChI is InChI=1S/C36H30N2/c1-26-10-9-23-38(32-13-4-3-5-14-32)36-22-19-30(25-34(36)27(2)24-26)28-17-20-31(21-18-28)37-35-16-8-12-29-11-6-7-15-33(29)35/h3-22,24-25,37H,2,23H2,1H3/b10-9-,26-24-. The van der Waals surface area contributed by atoms with Crippen LogP contribution in [0.4, 0.5) is 22.7 Å². The molecule has 1 aliphatic heterocycles. The number of anilines is 4. The molecule has 0 atom stereocenters. The van der Waals surface area contributed by atoms with Gasteiger partial charge in [-0.15, -0.1) is 0 Å². The van der Waals surface area contributed by atoms with Crippen molar-refractivity contribution in [3.8, 4) is 11.1 Å². The maximum absolute atomic E-state index is 4.45. The first-order valence-corrected chi connectivity index (χ1v) is 13.0. The Morgan fingerprint density at radius 1 is 0.737 bits per heavy atom. The summed E-state index contributed by atoms with van der Waals surface area (Å²) in [5.74, 6) is 0. The molecule has 0 spiro atoms. The molecule has 2 heteroatoms. The Morgan fingerprint density at radius 2 is 1.47 bits per heavy atom. The third-order valence-corrected chi connectivity index (χ3v) is 7.06. The number of hydrogen-bond donors (Lipinski definition) is 1. The Hall–Kier alpha value is -4.82. The van der Waals surface area contributed by atoms with Crippen LogP contribution in [0, 0.1) is 0 Å². The van der Waals surface area contributed by atoms with Crippen LogP contribution < -0.4 is 10.2 Å². The molecule has 1 heterocycles. The molecule has 2 nitrogen and oxygen atoms in total. The number of benzene rings is 5. The zero-order chi connectivity index (χ0) is 25.9. The zero-order valence-corrected chi connectivity index (χ0v) is 21.6. The highest BCUT2D eigenvalue weighted by Crippen LogP contribution is 2.37. The van der Waals surface area contributed by atoms with Gasteiger partial charge in [0.25, 0.3) is 0 Å². The first kappa shape index (κ1) is 23.6. The van der Waals surface area contributed by atoms with Crippen molar-refractivity contribution < 1.29 is 0 Å². The second kappa shape index (κ2) is 10.3. The average Bonchev–Trinajstić information content (AvgIpc) is 3.01. The van der Waals surface area contributed by atoms with Crippen molar-refractivity contribution in [2.45, 2.75) is 6.92 Å². The third kappa shape index (κ3) is 4.77. The van der Waals surface area contributed by atoms with E-state index >= 15 is 0 Å². The fourth-order valence-corrected chi connectivity index (χ4v) is 5.14. The molecule has 0 fully saturated rings. The largest absolute Gasteiger partial charge is 0.355 e. The number of para-hydroxylation sites is 1. The minimum Gasteiger partial charge on any atom is -0.355 e. The summed E-state index contributed by atoms with van der Waals surface area (Å²) in [6, 6.07) is 40.8. The Balaban J connectivity index is 1.34. The van der Waals surface area contributed by atoms with Crippen molar-refractivity contribution in [3.05, 3.63) is 151 Å². The lowest BCUT2D eigenvalue weighted by Gasteiger charge is -2.27. The van der Waals surface area contributed by atoms with E-state index in [9.17, 15) is 0 Å². The van der Waals surface area contributed by atoms with Crippen LogP contribution in [0.2, 0.25) is 0 Å². The van der Waals surface area contributed by atoms with Crippen LogP contribution in [-0.4, -0.2) is 6.54 Å². The maximum atomic E-state index is 4.45. The van der Waals surface area contributed by atoms with Crippen LogP contribution >= 0.6 is 0 Å². The first-order valence-electron chi connectivity index (χ1n) is 13.0. The minimum absolute atomic E-state index is 0.795. The summed E-state index contributed by atoms with van der Waals surface area (Å²) in [5, 5.41) is 6.05. The van der Waals surface area contributed by atoms with Crippen molar-refractivity contribution in [2.24, 2.45) is 0 Å². The molecule has 1 aliphatic rings. The monoisotopic (exact) mass is 490 g/mol. The van der Waals surface area contributed by atoms with E-state index in [-0.39, 0.29) is 0 Å². The van der Waals surface area contributed by atoms with Crippen LogP contribution in [0.25, 0.3) is 27.5 Å². The fraction of sp³-hybridized carbons (Fsp3) is 0.0556. The summed E-state index contributed by atoms with van der Waals surface area (Å²) in [7, 11) is 0. The lowest BCUT2D eigenvalue weighted by molar-refractivity contribution is 1.09. The first-order chi connectivity index (χ1) is 18.7. The van der Waals surface area contributed by atoms with Gasteiger partial charge < -0.3 is 10.2 Å². The van der Waals surface area contributed by atoms with Gasteiger partial charge in [-0.25, -0.2) is 0 Å². The van der Waals surface area contributed by atoms with E-state index < -0.39 is 0 Å². The van der Waals surface area contributed by atoms with Crippen LogP contribution in [0.1, 0.15) is 12.5 Å². The highest BCUT2D eigenvalue weighted by molar-refractivity contribution is 5.95. The molecule has 184 valence electrons. The lowest BCUT2D eigenvalue weighted by Crippen LogP contribution is -2.18. The highest BCUT2D eigenvalue weighted by atomic mass is 15.1. The molecule has 0 aromatic heterocycles. The van der Waals surface area contributed by atoms with E-state index in [4.69, 9.17) is 0 Å². The number of allylic oxidation sites excluding steroid dienone is 4. The summed E-state index contributed by atoms with van der Waals surface area (Å²) in [6.07, 6.45) is 6.57. The van der Waals surface area contributed by atoms with E-state index in [2.05, 4.69) is 157 Å². The Kier molecular flexibility index (Phi) is 6.37. The average molecular weight is 491 g/mol. The van der Waals surface area contributed by atoms with Crippen LogP contribution in [0.3, 0.4) is 0 Å². The molecular weight excluding hydrogens is 460 g/mol. The number of rotatable bonds is 4. The fourth-order valence-electron chi connectivity index (χ4n) is 5.14. The van der Waals surface area contributed by atoms with Crippen LogP contribution in [0.15, 0.2) is 146 Å². The number of nitrogens with one attached hydrogen (secondary N) is 1. The molecule has 6 rings (SSSR count). The third-order valence-electron chi connectivity index (χ3n) is 7.06. The van der Waals surface area contributed by atoms with E-state index in [1.165, 1.54) is 33.2 Å². The second-order valence-electron chi connectivity index (χ2n) is 9.72. The Labute approximate surface area is 224 Å². The van der Waals surface area contributed by atoms with Gasteiger partial charge in [0, 0.05) is 40.2 Å². The topological polar surface area (TPSA) is 15.3 Å². The van der Waals surface area contributed by atoms with Gasteiger partial charge in [0.2, 0.25) is 0 Å². The Morgan fingerprint density at radius 3 is 2.32 bits per heavy atom. The molecule has 0 bridgehead atoms. The SMILES string of the molecule is C=C1/C=C(C)\C=C/CN(c2ccccc2)c2ccc(-c3ccc(Nc4cccc5ccccc45)cc3)cc21. The highest BCUT2D eigenvalue weighted by Gasteiger charge is 2.16. The molecule has 0 unspecified atom stereocenters. The minimum atomic E-state index is 0.795. The quantitative estimate of drug-likeness (QED) is 0.270. The maximum Gasteiger partial charge on any atom is 0.0493 e. The molecule has 0 saturated heterocycles. The smallest absolute Gasteiger partial charge is 0.0493 e. The summed E-state index contributed by atoms with van der Waals surface area (Å²) in [6.45, 7) is 7.38. The van der Waals surface area contributed by atoms with Crippen molar-refractivity contribution >= 4 is 39.1 Å². The second-order valence-corrected chi connectivity index (χ2v) is 9.72. The van der Waals surface area contributed by atoms with Gasteiger partial charge in [-0.2, -0.15) is 0 Å². The zero-order valence-electron chi connectivity index (χ0n) is 21.6. The molecule has 0 amide bonds. The van der Waals surface area contributed by atoms with E-state index in [0.29, 0.717) is 0 Å². The predicted octanol–water partition coefficient (Wildman–Crippen LogP) is 9.92. The van der Waals surface area contributed by atoms with Gasteiger partial charge in [-0.05, 0) is 71.5 Å². The predicted molar refractivity (Wildman–Crippen MR) is 164 cm³/mol. The summed E-state index contributed by atoms with van der Waals surface area (Å²) in [4.78, 5) is 2.35. The van der Waals surface area contributed by atoms with Crippen molar-refractivity contribution in [1.29, 1.82) is 0 Å². The normalized spacial score (nSPS) is 15.6. The Bertz CT molecular complexity index is 1670. The molecule has 5 aromatic rings. The van der Waals surface area contributed by atoms with Crippen molar-refractivity contribution in [2.75, 3.05) is 16.8 Å². The molecular formula is C36H30N2. The van der Waals surface area contributed by atoms with E-state index in [1.807, 2.05) is 0 Å². The molecule has 5 aromatic carbocycles. The van der Waals surface area contributed by atoms with Crippen LogP contribution in [0.5, 0.6) is 0 Å². The molecule has 0 radical (unpaired) electrons. The van der Waals surface area contributed by atoms with Crippen molar-refractivity contribution in [1.82, 2.24) is 0 Å². The molecule has 1 N–H and O–H groups in total. The van der Waals surface area contributed by atoms with Gasteiger partial charge in [0.15, 0.2) is 0 Å². The summed E-state index contributed by atoms with van der Waals surface area (Å²) >= 11 is 0. The van der Waals surface area contributed by atoms with Gasteiger partial charge in [0.05, 0.1) is 0 Å². The van der Waals surface area contributed by atoms with E-state index in [1.54, 1.807) is 0 Å². The van der Waals surface area contributed by atoms with E-state index in [0.717, 1.165) is 34.7 Å². The van der Waals surface area contributed by atoms with Crippen LogP contribution in [-0.2, 0) is 0 Å². The molecule has 38 heavy (non-hydrogen) atoms. The summed E-state index contributed by atoms with van der Waals surface area (Å²) < 4.78 is 0. The number of hydrogen-bond acceptors (Lipinski definition) is 2. The van der Waals surface area contributed by atoms with Crippen molar-refractivity contribution in [3.63, 3.8) is 0 Å². The molecule has 0 aliphatic carbocycles. The van der Waals surface area contributed by atoms with Gasteiger partial charge in [0.1, 0.15) is 0 Å². The van der Waals surface area contributed by atoms with Gasteiger partial charge in [-0.1, -0.05) is 103 Å². The number of fused-ring (bicyclic) bond motifs is 2. The van der Waals surface area contributed by atoms with Gasteiger partial charge in [-0.3, -0.25) is 0 Å². The number of nitrogens with zero attached hydrogens (tertiary/aromatic N) is 1.